The molecule has 0 spiro atoms. The number of aryl methyl sites for hydroxylation is 1. The molecular weight excluding hydrogens is 404 g/mol. The molecule has 2 aromatic carbocycles. The number of halogens is 1. The highest BCUT2D eigenvalue weighted by atomic mass is 79.9. The van der Waals surface area contributed by atoms with Gasteiger partial charge in [0, 0.05) is 11.0 Å². The Balaban J connectivity index is 2.15. The van der Waals surface area contributed by atoms with Crippen molar-refractivity contribution in [3.63, 3.8) is 0 Å². The number of amides is 1. The predicted molar refractivity (Wildman–Crippen MR) is 103 cm³/mol. The molecule has 5 nitrogen and oxygen atoms in total. The molecular formula is C18H17BrN2O3S. The summed E-state index contributed by atoms with van der Waals surface area (Å²) in [5.41, 5.74) is 1.43. The van der Waals surface area contributed by atoms with E-state index in [1.807, 2.05) is 29.7 Å². The Bertz CT molecular complexity index is 1010. The summed E-state index contributed by atoms with van der Waals surface area (Å²) in [5.74, 6) is 0.543. The average Bonchev–Trinajstić information content (AvgIpc) is 2.96. The molecule has 3 aromatic rings. The number of ether oxygens (including phenoxy) is 2. The SMILES string of the molecule is CCn1c(=NC(=O)c2cccc(OC)c2OC)sc2cc(Br)ccc21. The van der Waals surface area contributed by atoms with Crippen LogP contribution in [0.2, 0.25) is 0 Å². The second-order valence-corrected chi connectivity index (χ2v) is 7.12. The summed E-state index contributed by atoms with van der Waals surface area (Å²) in [6, 6.07) is 11.2. The van der Waals surface area contributed by atoms with Crippen LogP contribution in [0.4, 0.5) is 0 Å². The lowest BCUT2D eigenvalue weighted by molar-refractivity contribution is 0.0994. The first-order valence-corrected chi connectivity index (χ1v) is 9.29. The third-order valence-corrected chi connectivity index (χ3v) is 5.33. The van der Waals surface area contributed by atoms with Gasteiger partial charge in [-0.2, -0.15) is 4.99 Å². The van der Waals surface area contributed by atoms with E-state index in [2.05, 4.69) is 20.9 Å². The monoisotopic (exact) mass is 420 g/mol. The molecule has 0 N–H and O–H groups in total. The van der Waals surface area contributed by atoms with Crippen LogP contribution in [-0.2, 0) is 6.54 Å². The number of benzene rings is 2. The van der Waals surface area contributed by atoms with Crippen molar-refractivity contribution in [2.24, 2.45) is 4.99 Å². The Kier molecular flexibility index (Phi) is 5.24. The van der Waals surface area contributed by atoms with Crippen molar-refractivity contribution in [3.05, 3.63) is 51.2 Å². The van der Waals surface area contributed by atoms with Crippen LogP contribution in [0.15, 0.2) is 45.9 Å². The van der Waals surface area contributed by atoms with Crippen LogP contribution in [0.25, 0.3) is 10.2 Å². The number of hydrogen-bond acceptors (Lipinski definition) is 4. The Morgan fingerprint density at radius 2 is 2.04 bits per heavy atom. The molecule has 0 bridgehead atoms. The maximum atomic E-state index is 12.8. The minimum atomic E-state index is -0.358. The second kappa shape index (κ2) is 7.41. The molecule has 0 saturated heterocycles. The summed E-state index contributed by atoms with van der Waals surface area (Å²) in [5, 5.41) is 0. The summed E-state index contributed by atoms with van der Waals surface area (Å²) < 4.78 is 14.7. The highest BCUT2D eigenvalue weighted by molar-refractivity contribution is 9.10. The van der Waals surface area contributed by atoms with Crippen LogP contribution in [0.1, 0.15) is 17.3 Å². The maximum absolute atomic E-state index is 12.8. The van der Waals surface area contributed by atoms with Crippen molar-refractivity contribution in [2.75, 3.05) is 14.2 Å². The molecule has 0 radical (unpaired) electrons. The first-order valence-electron chi connectivity index (χ1n) is 7.68. The normalized spacial score (nSPS) is 11.8. The number of thiazole rings is 1. The minimum absolute atomic E-state index is 0.358. The fraction of sp³-hybridized carbons (Fsp3) is 0.222. The molecule has 1 aromatic heterocycles. The van der Waals surface area contributed by atoms with Crippen molar-refractivity contribution in [1.29, 1.82) is 0 Å². The molecule has 3 rings (SSSR count). The van der Waals surface area contributed by atoms with E-state index >= 15 is 0 Å². The molecule has 0 unspecified atom stereocenters. The molecule has 7 heteroatoms. The van der Waals surface area contributed by atoms with Gasteiger partial charge in [-0.25, -0.2) is 0 Å². The van der Waals surface area contributed by atoms with E-state index in [1.165, 1.54) is 25.6 Å². The quantitative estimate of drug-likeness (QED) is 0.633. The number of hydrogen-bond donors (Lipinski definition) is 0. The van der Waals surface area contributed by atoms with E-state index < -0.39 is 0 Å². The van der Waals surface area contributed by atoms with Crippen LogP contribution in [0.5, 0.6) is 11.5 Å². The van der Waals surface area contributed by atoms with Gasteiger partial charge in [0.25, 0.3) is 5.91 Å². The zero-order chi connectivity index (χ0) is 18.0. The van der Waals surface area contributed by atoms with Gasteiger partial charge in [0.1, 0.15) is 0 Å². The maximum Gasteiger partial charge on any atom is 0.283 e. The molecule has 0 aliphatic carbocycles. The van der Waals surface area contributed by atoms with Gasteiger partial charge in [-0.15, -0.1) is 0 Å². The molecule has 25 heavy (non-hydrogen) atoms. The highest BCUT2D eigenvalue weighted by Gasteiger charge is 2.16. The smallest absolute Gasteiger partial charge is 0.283 e. The predicted octanol–water partition coefficient (Wildman–Crippen LogP) is 4.24. The standard InChI is InChI=1S/C18H17BrN2O3S/c1-4-21-13-9-8-11(19)10-15(13)25-18(21)20-17(22)12-6-5-7-14(23-2)16(12)24-3/h5-10H,4H2,1-3H3. The Hall–Kier alpha value is -2.12. The first kappa shape index (κ1) is 17.7. The third-order valence-electron chi connectivity index (χ3n) is 3.79. The third kappa shape index (κ3) is 3.34. The fourth-order valence-corrected chi connectivity index (χ4v) is 4.28. The van der Waals surface area contributed by atoms with E-state index in [0.29, 0.717) is 21.9 Å². The summed E-state index contributed by atoms with van der Waals surface area (Å²) in [7, 11) is 3.05. The van der Waals surface area contributed by atoms with E-state index in [-0.39, 0.29) is 5.91 Å². The van der Waals surface area contributed by atoms with Crippen LogP contribution in [-0.4, -0.2) is 24.7 Å². The van der Waals surface area contributed by atoms with Gasteiger partial charge >= 0.3 is 0 Å². The highest BCUT2D eigenvalue weighted by Crippen LogP contribution is 2.31. The Morgan fingerprint density at radius 3 is 2.72 bits per heavy atom. The second-order valence-electron chi connectivity index (χ2n) is 5.20. The topological polar surface area (TPSA) is 52.8 Å². The van der Waals surface area contributed by atoms with E-state index in [9.17, 15) is 4.79 Å². The van der Waals surface area contributed by atoms with Crippen LogP contribution in [0.3, 0.4) is 0 Å². The molecule has 0 saturated carbocycles. The lowest BCUT2D eigenvalue weighted by Crippen LogP contribution is -2.16. The van der Waals surface area contributed by atoms with Crippen molar-refractivity contribution < 1.29 is 14.3 Å². The number of nitrogens with zero attached hydrogens (tertiary/aromatic N) is 2. The van der Waals surface area contributed by atoms with Gasteiger partial charge in [0.2, 0.25) is 0 Å². The minimum Gasteiger partial charge on any atom is -0.493 e. The molecule has 1 heterocycles. The number of para-hydroxylation sites is 1. The van der Waals surface area contributed by atoms with Crippen LogP contribution >= 0.6 is 27.3 Å². The fourth-order valence-electron chi connectivity index (χ4n) is 2.64. The number of fused-ring (bicyclic) bond motifs is 1. The van der Waals surface area contributed by atoms with Gasteiger partial charge in [-0.3, -0.25) is 4.79 Å². The van der Waals surface area contributed by atoms with Crippen molar-refractivity contribution >= 4 is 43.4 Å². The van der Waals surface area contributed by atoms with Gasteiger partial charge in [0.15, 0.2) is 16.3 Å². The molecule has 0 fully saturated rings. The zero-order valence-electron chi connectivity index (χ0n) is 14.1. The zero-order valence-corrected chi connectivity index (χ0v) is 16.5. The molecule has 0 aliphatic heterocycles. The lowest BCUT2D eigenvalue weighted by atomic mass is 10.2. The number of carbonyl (C=O) groups is 1. The van der Waals surface area contributed by atoms with Crippen LogP contribution < -0.4 is 14.3 Å². The van der Waals surface area contributed by atoms with Crippen molar-refractivity contribution in [3.8, 4) is 11.5 Å². The summed E-state index contributed by atoms with van der Waals surface area (Å²) in [6.07, 6.45) is 0. The average molecular weight is 421 g/mol. The van der Waals surface area contributed by atoms with Gasteiger partial charge in [-0.1, -0.05) is 33.3 Å². The van der Waals surface area contributed by atoms with Crippen molar-refractivity contribution in [2.45, 2.75) is 13.5 Å². The Labute approximate surface area is 157 Å². The number of aromatic nitrogens is 1. The number of methoxy groups -OCH3 is 2. The van der Waals surface area contributed by atoms with Crippen LogP contribution in [0, 0.1) is 0 Å². The summed E-state index contributed by atoms with van der Waals surface area (Å²) in [4.78, 5) is 17.8. The molecule has 0 aliphatic rings. The summed E-state index contributed by atoms with van der Waals surface area (Å²) >= 11 is 4.96. The van der Waals surface area contributed by atoms with Gasteiger partial charge in [-0.05, 0) is 37.3 Å². The number of rotatable bonds is 4. The van der Waals surface area contributed by atoms with E-state index in [4.69, 9.17) is 9.47 Å². The molecule has 1 amide bonds. The lowest BCUT2D eigenvalue weighted by Gasteiger charge is -2.09. The van der Waals surface area contributed by atoms with Gasteiger partial charge < -0.3 is 14.0 Å². The molecule has 0 atom stereocenters. The van der Waals surface area contributed by atoms with E-state index in [0.717, 1.165) is 21.2 Å². The molecule has 130 valence electrons. The van der Waals surface area contributed by atoms with Gasteiger partial charge in [0.05, 0.1) is 30.0 Å². The largest absolute Gasteiger partial charge is 0.493 e. The van der Waals surface area contributed by atoms with Crippen molar-refractivity contribution in [1.82, 2.24) is 4.57 Å². The van der Waals surface area contributed by atoms with E-state index in [1.54, 1.807) is 18.2 Å². The number of carbonyl (C=O) groups excluding carboxylic acids is 1. The summed E-state index contributed by atoms with van der Waals surface area (Å²) in [6.45, 7) is 2.76. The Morgan fingerprint density at radius 1 is 1.24 bits per heavy atom. The first-order chi connectivity index (χ1) is 12.1.